The van der Waals surface area contributed by atoms with E-state index in [9.17, 15) is 18.0 Å². The molecule has 2 aromatic rings. The number of hydrogen-bond acceptors (Lipinski definition) is 6. The Balaban J connectivity index is 1.16. The molecule has 0 aliphatic carbocycles. The minimum absolute atomic E-state index is 0.113. The molecular formula is C24H27N3O6S. The zero-order valence-corrected chi connectivity index (χ0v) is 19.7. The van der Waals surface area contributed by atoms with Gasteiger partial charge in [0, 0.05) is 43.9 Å². The highest BCUT2D eigenvalue weighted by Crippen LogP contribution is 2.37. The number of amides is 2. The number of rotatable bonds is 5. The minimum atomic E-state index is -3.55. The lowest BCUT2D eigenvalue weighted by molar-refractivity contribution is -0.127. The molecule has 2 amide bonds. The number of carbonyl (C=O) groups excluding carboxylic acids is 2. The second kappa shape index (κ2) is 8.92. The van der Waals surface area contributed by atoms with Crippen LogP contribution in [0, 0.1) is 12.8 Å². The van der Waals surface area contributed by atoms with Crippen molar-refractivity contribution in [1.82, 2.24) is 9.62 Å². The number of nitrogens with one attached hydrogen (secondary N) is 1. The Kier molecular flexibility index (Phi) is 5.95. The Labute approximate surface area is 198 Å². The van der Waals surface area contributed by atoms with Crippen molar-refractivity contribution in [2.75, 3.05) is 31.3 Å². The van der Waals surface area contributed by atoms with Gasteiger partial charge in [-0.1, -0.05) is 17.7 Å². The van der Waals surface area contributed by atoms with E-state index < -0.39 is 15.9 Å². The molecule has 3 aliphatic heterocycles. The van der Waals surface area contributed by atoms with Gasteiger partial charge in [0.15, 0.2) is 11.5 Å². The van der Waals surface area contributed by atoms with E-state index in [1.54, 1.807) is 47.4 Å². The largest absolute Gasteiger partial charge is 0.454 e. The van der Waals surface area contributed by atoms with Crippen LogP contribution in [0.25, 0.3) is 0 Å². The van der Waals surface area contributed by atoms with Crippen LogP contribution in [0.5, 0.6) is 11.5 Å². The highest BCUT2D eigenvalue weighted by molar-refractivity contribution is 7.89. The predicted octanol–water partition coefficient (Wildman–Crippen LogP) is 2.05. The van der Waals surface area contributed by atoms with E-state index in [1.165, 1.54) is 4.31 Å². The van der Waals surface area contributed by atoms with Crippen molar-refractivity contribution in [3.05, 3.63) is 48.0 Å². The number of nitrogens with zero attached hydrogens (tertiary/aromatic N) is 2. The van der Waals surface area contributed by atoms with Crippen molar-refractivity contribution in [1.29, 1.82) is 0 Å². The average molecular weight is 486 g/mol. The molecule has 0 spiro atoms. The molecule has 1 unspecified atom stereocenters. The summed E-state index contributed by atoms with van der Waals surface area (Å²) in [6.45, 7) is 3.05. The molecule has 1 N–H and O–H groups in total. The zero-order valence-electron chi connectivity index (χ0n) is 18.9. The smallest absolute Gasteiger partial charge is 0.243 e. The minimum Gasteiger partial charge on any atom is -0.454 e. The number of benzene rings is 2. The van der Waals surface area contributed by atoms with Gasteiger partial charge in [0.25, 0.3) is 0 Å². The van der Waals surface area contributed by atoms with E-state index in [2.05, 4.69) is 5.32 Å². The maximum Gasteiger partial charge on any atom is 0.243 e. The van der Waals surface area contributed by atoms with Crippen LogP contribution < -0.4 is 19.7 Å². The van der Waals surface area contributed by atoms with Crippen LogP contribution in [0.1, 0.15) is 24.8 Å². The molecule has 180 valence electrons. The number of aryl methyl sites for hydroxylation is 1. The van der Waals surface area contributed by atoms with Crippen LogP contribution in [0.3, 0.4) is 0 Å². The van der Waals surface area contributed by atoms with Crippen LogP contribution in [0.4, 0.5) is 5.69 Å². The van der Waals surface area contributed by atoms with Gasteiger partial charge in [-0.2, -0.15) is 4.31 Å². The summed E-state index contributed by atoms with van der Waals surface area (Å²) in [5, 5.41) is 3.03. The number of piperidine rings is 1. The van der Waals surface area contributed by atoms with Crippen LogP contribution in [-0.4, -0.2) is 57.0 Å². The van der Waals surface area contributed by atoms with E-state index in [-0.39, 0.29) is 36.0 Å². The normalized spacial score (nSPS) is 21.1. The first-order valence-electron chi connectivity index (χ1n) is 11.4. The Bertz CT molecular complexity index is 1210. The molecule has 1 atom stereocenters. The molecule has 0 aromatic heterocycles. The molecule has 0 radical (unpaired) electrons. The summed E-state index contributed by atoms with van der Waals surface area (Å²) in [6, 6.07) is 12.0. The summed E-state index contributed by atoms with van der Waals surface area (Å²) in [6.07, 6.45) is 1.20. The van der Waals surface area contributed by atoms with Crippen LogP contribution in [0.15, 0.2) is 47.4 Å². The highest BCUT2D eigenvalue weighted by atomic mass is 32.2. The summed E-state index contributed by atoms with van der Waals surface area (Å²) in [4.78, 5) is 27.4. The molecule has 9 nitrogen and oxygen atoms in total. The van der Waals surface area contributed by atoms with Gasteiger partial charge in [-0.25, -0.2) is 8.42 Å². The van der Waals surface area contributed by atoms with Gasteiger partial charge in [0.2, 0.25) is 28.6 Å². The Morgan fingerprint density at radius 2 is 1.74 bits per heavy atom. The second-order valence-electron chi connectivity index (χ2n) is 8.94. The first kappa shape index (κ1) is 22.7. The molecule has 3 aliphatic rings. The third-order valence-electron chi connectivity index (χ3n) is 6.62. The average Bonchev–Trinajstić information content (AvgIpc) is 3.45. The summed E-state index contributed by atoms with van der Waals surface area (Å²) >= 11 is 0. The molecule has 34 heavy (non-hydrogen) atoms. The lowest BCUT2D eigenvalue weighted by atomic mass is 10.0. The van der Waals surface area contributed by atoms with Gasteiger partial charge in [-0.05, 0) is 44.0 Å². The number of anilines is 1. The summed E-state index contributed by atoms with van der Waals surface area (Å²) in [5.74, 6) is 0.493. The van der Waals surface area contributed by atoms with E-state index in [1.807, 2.05) is 6.92 Å². The molecule has 5 rings (SSSR count). The fraction of sp³-hybridized carbons (Fsp3) is 0.417. The lowest BCUT2D eigenvalue weighted by Gasteiger charge is -2.32. The SMILES string of the molecule is Cc1ccc(S(=O)(=O)N2CCC(NC(=O)C3CC(=O)N(c4ccc5c(c4)OCO5)C3)CC2)cc1. The summed E-state index contributed by atoms with van der Waals surface area (Å²) in [5.41, 5.74) is 1.68. The number of fused-ring (bicyclic) bond motifs is 1. The standard InChI is InChI=1S/C24H27N3O6S/c1-16-2-5-20(6-3-16)34(30,31)26-10-8-18(9-11-26)25-24(29)17-12-23(28)27(14-17)19-4-7-21-22(13-19)33-15-32-21/h2-7,13,17-18H,8-12,14-15H2,1H3,(H,25,29). The fourth-order valence-corrected chi connectivity index (χ4v) is 6.07. The summed E-state index contributed by atoms with van der Waals surface area (Å²) < 4.78 is 38.0. The number of hydrogen-bond donors (Lipinski definition) is 1. The van der Waals surface area contributed by atoms with Crippen LogP contribution in [-0.2, 0) is 19.6 Å². The van der Waals surface area contributed by atoms with E-state index >= 15 is 0 Å². The summed E-state index contributed by atoms with van der Waals surface area (Å²) in [7, 11) is -3.55. The molecule has 2 saturated heterocycles. The van der Waals surface area contributed by atoms with Gasteiger partial charge in [0.1, 0.15) is 0 Å². The van der Waals surface area contributed by atoms with Crippen molar-refractivity contribution >= 4 is 27.5 Å². The van der Waals surface area contributed by atoms with Gasteiger partial charge >= 0.3 is 0 Å². The first-order valence-corrected chi connectivity index (χ1v) is 12.8. The molecule has 0 bridgehead atoms. The van der Waals surface area contributed by atoms with Crippen molar-refractivity contribution in [2.45, 2.75) is 37.1 Å². The third kappa shape index (κ3) is 4.35. The van der Waals surface area contributed by atoms with E-state index in [0.29, 0.717) is 49.7 Å². The number of carbonyl (C=O) groups is 2. The zero-order chi connectivity index (χ0) is 23.9. The van der Waals surface area contributed by atoms with Gasteiger partial charge in [0.05, 0.1) is 10.8 Å². The molecule has 10 heteroatoms. The topological polar surface area (TPSA) is 105 Å². The van der Waals surface area contributed by atoms with Crippen molar-refractivity contribution < 1.29 is 27.5 Å². The van der Waals surface area contributed by atoms with Crippen molar-refractivity contribution in [3.8, 4) is 11.5 Å². The Morgan fingerprint density at radius 3 is 2.47 bits per heavy atom. The van der Waals surface area contributed by atoms with Crippen LogP contribution in [0.2, 0.25) is 0 Å². The molecular weight excluding hydrogens is 458 g/mol. The van der Waals surface area contributed by atoms with E-state index in [0.717, 1.165) is 5.56 Å². The molecule has 2 fully saturated rings. The van der Waals surface area contributed by atoms with Crippen molar-refractivity contribution in [3.63, 3.8) is 0 Å². The first-order chi connectivity index (χ1) is 16.3. The third-order valence-corrected chi connectivity index (χ3v) is 8.54. The number of ether oxygens (including phenoxy) is 2. The maximum atomic E-state index is 12.9. The molecule has 0 saturated carbocycles. The molecule has 2 aromatic carbocycles. The second-order valence-corrected chi connectivity index (χ2v) is 10.9. The maximum absolute atomic E-state index is 12.9. The molecule has 3 heterocycles. The van der Waals surface area contributed by atoms with Gasteiger partial charge in [-0.3, -0.25) is 9.59 Å². The highest BCUT2D eigenvalue weighted by Gasteiger charge is 2.37. The Morgan fingerprint density at radius 1 is 1.03 bits per heavy atom. The fourth-order valence-electron chi connectivity index (χ4n) is 4.60. The van der Waals surface area contributed by atoms with E-state index in [4.69, 9.17) is 9.47 Å². The number of sulfonamides is 1. The lowest BCUT2D eigenvalue weighted by Crippen LogP contribution is -2.48. The van der Waals surface area contributed by atoms with Gasteiger partial charge in [-0.15, -0.1) is 0 Å². The quantitative estimate of drug-likeness (QED) is 0.695. The Hall–Kier alpha value is -3.11. The predicted molar refractivity (Wildman–Crippen MR) is 124 cm³/mol. The van der Waals surface area contributed by atoms with Gasteiger partial charge < -0.3 is 19.7 Å². The van der Waals surface area contributed by atoms with Crippen molar-refractivity contribution in [2.24, 2.45) is 5.92 Å². The van der Waals surface area contributed by atoms with Crippen LogP contribution >= 0.6 is 0 Å². The monoisotopic (exact) mass is 485 g/mol.